The maximum Gasteiger partial charge on any atom is 0.224 e. The van der Waals surface area contributed by atoms with Gasteiger partial charge in [-0.1, -0.05) is 13.0 Å². The molecule has 0 saturated heterocycles. The Balaban J connectivity index is 2.58. The quantitative estimate of drug-likeness (QED) is 0.672. The first-order chi connectivity index (χ1) is 5.70. The zero-order chi connectivity index (χ0) is 8.97. The number of hydrogen-bond donors (Lipinski definition) is 0. The number of nitrogens with zero attached hydrogens (tertiary/aromatic N) is 1. The fourth-order valence-corrected chi connectivity index (χ4v) is 0.990. The van der Waals surface area contributed by atoms with Gasteiger partial charge in [0.1, 0.15) is 0 Å². The largest absolute Gasteiger partial charge is 0.281 e. The maximum atomic E-state index is 10.7. The van der Waals surface area contributed by atoms with Crippen molar-refractivity contribution in [2.45, 2.75) is 13.3 Å². The summed E-state index contributed by atoms with van der Waals surface area (Å²) < 4.78 is 0. The first kappa shape index (κ1) is 9.20. The molecule has 0 radical (unpaired) electrons. The first-order valence-corrected chi connectivity index (χ1v) is 4.17. The van der Waals surface area contributed by atoms with Gasteiger partial charge in [-0.15, -0.1) is 0 Å². The Bertz CT molecular complexity index is 260. The molecule has 0 fully saturated rings. The van der Waals surface area contributed by atoms with E-state index in [4.69, 9.17) is 11.6 Å². The standard InChI is InChI=1S/C9H10ClNO/c1-7(9(10)12)6-8-4-2-3-5-11-8/h2-5,7H,6H2,1H3. The van der Waals surface area contributed by atoms with Crippen LogP contribution in [0.2, 0.25) is 0 Å². The molecule has 2 nitrogen and oxygen atoms in total. The Labute approximate surface area is 76.6 Å². The van der Waals surface area contributed by atoms with Crippen molar-refractivity contribution in [3.63, 3.8) is 0 Å². The minimum absolute atomic E-state index is 0.151. The highest BCUT2D eigenvalue weighted by atomic mass is 35.5. The number of carbonyl (C=O) groups is 1. The number of halogens is 1. The van der Waals surface area contributed by atoms with Crippen molar-refractivity contribution in [3.05, 3.63) is 30.1 Å². The summed E-state index contributed by atoms with van der Waals surface area (Å²) in [4.78, 5) is 14.8. The monoisotopic (exact) mass is 183 g/mol. The lowest BCUT2D eigenvalue weighted by Crippen LogP contribution is -2.08. The minimum Gasteiger partial charge on any atom is -0.281 e. The maximum absolute atomic E-state index is 10.7. The third kappa shape index (κ3) is 2.62. The van der Waals surface area contributed by atoms with Crippen LogP contribution in [0.15, 0.2) is 24.4 Å². The van der Waals surface area contributed by atoms with E-state index < -0.39 is 0 Å². The van der Waals surface area contributed by atoms with Crippen LogP contribution in [0, 0.1) is 5.92 Å². The van der Waals surface area contributed by atoms with Gasteiger partial charge in [0, 0.05) is 24.2 Å². The zero-order valence-corrected chi connectivity index (χ0v) is 7.58. The summed E-state index contributed by atoms with van der Waals surface area (Å²) in [5.41, 5.74) is 0.902. The average molecular weight is 184 g/mol. The Morgan fingerprint density at radius 2 is 2.42 bits per heavy atom. The summed E-state index contributed by atoms with van der Waals surface area (Å²) in [6.07, 6.45) is 2.32. The lowest BCUT2D eigenvalue weighted by molar-refractivity contribution is -0.114. The number of pyridine rings is 1. The van der Waals surface area contributed by atoms with Gasteiger partial charge in [0.25, 0.3) is 0 Å². The molecule has 3 heteroatoms. The second-order valence-electron chi connectivity index (χ2n) is 2.73. The van der Waals surface area contributed by atoms with Gasteiger partial charge in [-0.3, -0.25) is 9.78 Å². The lowest BCUT2D eigenvalue weighted by Gasteiger charge is -2.03. The van der Waals surface area contributed by atoms with E-state index in [-0.39, 0.29) is 11.2 Å². The SMILES string of the molecule is CC(Cc1ccccn1)C(=O)Cl. The second-order valence-corrected chi connectivity index (χ2v) is 3.10. The molecule has 64 valence electrons. The van der Waals surface area contributed by atoms with Gasteiger partial charge in [-0.05, 0) is 23.7 Å². The first-order valence-electron chi connectivity index (χ1n) is 3.79. The topological polar surface area (TPSA) is 30.0 Å². The van der Waals surface area contributed by atoms with Gasteiger partial charge in [0.2, 0.25) is 5.24 Å². The van der Waals surface area contributed by atoms with Gasteiger partial charge < -0.3 is 0 Å². The lowest BCUT2D eigenvalue weighted by atomic mass is 10.1. The van der Waals surface area contributed by atoms with Crippen LogP contribution in [0.25, 0.3) is 0 Å². The van der Waals surface area contributed by atoms with E-state index in [2.05, 4.69) is 4.98 Å². The van der Waals surface area contributed by atoms with E-state index in [1.165, 1.54) is 0 Å². The van der Waals surface area contributed by atoms with Crippen molar-refractivity contribution in [2.75, 3.05) is 0 Å². The van der Waals surface area contributed by atoms with Crippen LogP contribution < -0.4 is 0 Å². The molecule has 1 atom stereocenters. The molecule has 1 heterocycles. The molecule has 0 aliphatic rings. The predicted molar refractivity (Wildman–Crippen MR) is 48.0 cm³/mol. The molecule has 0 amide bonds. The van der Waals surface area contributed by atoms with Crippen molar-refractivity contribution >= 4 is 16.8 Å². The van der Waals surface area contributed by atoms with Crippen molar-refractivity contribution in [1.29, 1.82) is 0 Å². The second kappa shape index (κ2) is 4.21. The minimum atomic E-state index is -0.305. The fourth-order valence-electron chi connectivity index (χ4n) is 0.913. The fraction of sp³-hybridized carbons (Fsp3) is 0.333. The number of carbonyl (C=O) groups excluding carboxylic acids is 1. The number of rotatable bonds is 3. The molecule has 0 saturated carbocycles. The third-order valence-corrected chi connectivity index (χ3v) is 2.00. The highest BCUT2D eigenvalue weighted by Crippen LogP contribution is 2.08. The molecular weight excluding hydrogens is 174 g/mol. The molecule has 0 aromatic carbocycles. The van der Waals surface area contributed by atoms with E-state index in [1.807, 2.05) is 18.2 Å². The summed E-state index contributed by atoms with van der Waals surface area (Å²) in [5, 5.41) is -0.305. The molecule has 0 N–H and O–H groups in total. The zero-order valence-electron chi connectivity index (χ0n) is 6.83. The van der Waals surface area contributed by atoms with Crippen molar-refractivity contribution in [2.24, 2.45) is 5.92 Å². The number of hydrogen-bond acceptors (Lipinski definition) is 2. The van der Waals surface area contributed by atoms with Crippen LogP contribution in [0.1, 0.15) is 12.6 Å². The van der Waals surface area contributed by atoms with Crippen molar-refractivity contribution < 1.29 is 4.79 Å². The summed E-state index contributed by atoms with van der Waals surface area (Å²) in [6.45, 7) is 1.80. The normalized spacial score (nSPS) is 12.5. The summed E-state index contributed by atoms with van der Waals surface area (Å²) >= 11 is 5.31. The smallest absolute Gasteiger partial charge is 0.224 e. The Morgan fingerprint density at radius 3 is 2.92 bits per heavy atom. The van der Waals surface area contributed by atoms with Gasteiger partial charge in [-0.2, -0.15) is 0 Å². The molecular formula is C9H10ClNO. The molecule has 1 aromatic heterocycles. The molecule has 1 rings (SSSR count). The third-order valence-electron chi connectivity index (χ3n) is 1.63. The van der Waals surface area contributed by atoms with Gasteiger partial charge >= 0.3 is 0 Å². The Morgan fingerprint density at radius 1 is 1.67 bits per heavy atom. The van der Waals surface area contributed by atoms with Crippen LogP contribution in [-0.4, -0.2) is 10.2 Å². The van der Waals surface area contributed by atoms with Crippen molar-refractivity contribution in [1.82, 2.24) is 4.98 Å². The summed E-state index contributed by atoms with van der Waals surface area (Å²) in [7, 11) is 0. The van der Waals surface area contributed by atoms with E-state index in [0.717, 1.165) is 5.69 Å². The van der Waals surface area contributed by atoms with E-state index >= 15 is 0 Å². The highest BCUT2D eigenvalue weighted by Gasteiger charge is 2.10. The Kier molecular flexibility index (Phi) is 3.23. The van der Waals surface area contributed by atoms with Crippen LogP contribution in [0.4, 0.5) is 0 Å². The van der Waals surface area contributed by atoms with Crippen LogP contribution in [-0.2, 0) is 11.2 Å². The molecule has 1 unspecified atom stereocenters. The predicted octanol–water partition coefficient (Wildman–Crippen LogP) is 2.03. The summed E-state index contributed by atoms with van der Waals surface area (Å²) in [5.74, 6) is -0.151. The number of aromatic nitrogens is 1. The molecule has 0 spiro atoms. The average Bonchev–Trinajstić information content (AvgIpc) is 2.06. The summed E-state index contributed by atoms with van der Waals surface area (Å²) in [6, 6.07) is 5.63. The van der Waals surface area contributed by atoms with Gasteiger partial charge in [0.15, 0.2) is 0 Å². The van der Waals surface area contributed by atoms with E-state index in [0.29, 0.717) is 6.42 Å². The molecule has 1 aromatic rings. The molecule has 12 heavy (non-hydrogen) atoms. The highest BCUT2D eigenvalue weighted by molar-refractivity contribution is 6.63. The molecule has 0 aliphatic heterocycles. The molecule has 0 aliphatic carbocycles. The van der Waals surface area contributed by atoms with Crippen LogP contribution in [0.3, 0.4) is 0 Å². The van der Waals surface area contributed by atoms with Crippen molar-refractivity contribution in [3.8, 4) is 0 Å². The van der Waals surface area contributed by atoms with Gasteiger partial charge in [0.05, 0.1) is 0 Å². The van der Waals surface area contributed by atoms with Crippen LogP contribution in [0.5, 0.6) is 0 Å². The van der Waals surface area contributed by atoms with E-state index in [1.54, 1.807) is 13.1 Å². The van der Waals surface area contributed by atoms with Crippen LogP contribution >= 0.6 is 11.6 Å². The van der Waals surface area contributed by atoms with E-state index in [9.17, 15) is 4.79 Å². The molecule has 0 bridgehead atoms. The Hall–Kier alpha value is -0.890. The van der Waals surface area contributed by atoms with Gasteiger partial charge in [-0.25, -0.2) is 0 Å².